The van der Waals surface area contributed by atoms with Crippen LogP contribution in [0.2, 0.25) is 0 Å². The summed E-state index contributed by atoms with van der Waals surface area (Å²) in [5, 5.41) is 4.37. The maximum atomic E-state index is 12.7. The summed E-state index contributed by atoms with van der Waals surface area (Å²) < 4.78 is 0. The Bertz CT molecular complexity index is 558. The van der Waals surface area contributed by atoms with Gasteiger partial charge in [-0.05, 0) is 54.6 Å². The molecule has 21 heavy (non-hydrogen) atoms. The van der Waals surface area contributed by atoms with Crippen LogP contribution in [0, 0.1) is 17.8 Å². The second-order valence-electron chi connectivity index (χ2n) is 6.91. The van der Waals surface area contributed by atoms with Crippen LogP contribution in [0.5, 0.6) is 0 Å². The zero-order valence-corrected chi connectivity index (χ0v) is 13.8. The van der Waals surface area contributed by atoms with Crippen molar-refractivity contribution in [3.05, 3.63) is 35.4 Å². The molecule has 5 unspecified atom stereocenters. The molecular weight excluding hydrogens is 326 g/mol. The highest BCUT2D eigenvalue weighted by molar-refractivity contribution is 9.09. The molecule has 4 rings (SSSR count). The van der Waals surface area contributed by atoms with E-state index in [1.165, 1.54) is 30.4 Å². The third-order valence-corrected chi connectivity index (χ3v) is 6.65. The smallest absolute Gasteiger partial charge is 0.224 e. The third-order valence-electron chi connectivity index (χ3n) is 5.82. The Balaban J connectivity index is 1.46. The monoisotopic (exact) mass is 347 g/mol. The van der Waals surface area contributed by atoms with Crippen molar-refractivity contribution in [3.8, 4) is 0 Å². The zero-order chi connectivity index (χ0) is 14.4. The molecule has 2 fully saturated rings. The first kappa shape index (κ1) is 13.8. The Morgan fingerprint density at radius 2 is 2.10 bits per heavy atom. The molecule has 0 saturated heterocycles. The lowest BCUT2D eigenvalue weighted by Crippen LogP contribution is -2.39. The van der Waals surface area contributed by atoms with Crippen LogP contribution in [0.25, 0.3) is 0 Å². The fourth-order valence-electron chi connectivity index (χ4n) is 4.61. The molecule has 1 aromatic rings. The van der Waals surface area contributed by atoms with Crippen molar-refractivity contribution in [3.63, 3.8) is 0 Å². The van der Waals surface area contributed by atoms with E-state index in [-0.39, 0.29) is 5.92 Å². The molecular formula is C18H22BrNO. The number of aryl methyl sites for hydroxylation is 1. The van der Waals surface area contributed by atoms with E-state index in [0.29, 0.717) is 29.7 Å². The zero-order valence-electron chi connectivity index (χ0n) is 12.2. The van der Waals surface area contributed by atoms with E-state index < -0.39 is 0 Å². The summed E-state index contributed by atoms with van der Waals surface area (Å²) in [5.41, 5.74) is 2.91. The first-order valence-electron chi connectivity index (χ1n) is 8.23. The van der Waals surface area contributed by atoms with Crippen LogP contribution in [0.1, 0.15) is 42.7 Å². The summed E-state index contributed by atoms with van der Waals surface area (Å²) in [7, 11) is 0. The summed E-state index contributed by atoms with van der Waals surface area (Å²) in [6, 6.07) is 9.10. The van der Waals surface area contributed by atoms with Crippen LogP contribution >= 0.6 is 15.9 Å². The van der Waals surface area contributed by atoms with E-state index in [2.05, 4.69) is 45.5 Å². The number of hydrogen-bond acceptors (Lipinski definition) is 1. The second kappa shape index (κ2) is 5.42. The van der Waals surface area contributed by atoms with Gasteiger partial charge in [0.1, 0.15) is 0 Å². The lowest BCUT2D eigenvalue weighted by atomic mass is 9.92. The van der Waals surface area contributed by atoms with E-state index in [9.17, 15) is 4.79 Å². The molecule has 1 N–H and O–H groups in total. The second-order valence-corrected chi connectivity index (χ2v) is 7.56. The maximum absolute atomic E-state index is 12.7. The van der Waals surface area contributed by atoms with Gasteiger partial charge >= 0.3 is 0 Å². The molecule has 0 aromatic heterocycles. The minimum Gasteiger partial charge on any atom is -0.353 e. The number of fused-ring (bicyclic) bond motifs is 3. The van der Waals surface area contributed by atoms with Crippen molar-refractivity contribution >= 4 is 21.8 Å². The quantitative estimate of drug-likeness (QED) is 0.831. The highest BCUT2D eigenvalue weighted by atomic mass is 79.9. The molecule has 3 heteroatoms. The SMILES string of the molecule is O=C(NC1CCCC1CBr)C1C2CCc3ccccc3C21. The molecule has 0 aliphatic heterocycles. The fraction of sp³-hybridized carbons (Fsp3) is 0.611. The van der Waals surface area contributed by atoms with Gasteiger partial charge in [0.15, 0.2) is 0 Å². The van der Waals surface area contributed by atoms with Crippen LogP contribution in [-0.2, 0) is 11.2 Å². The molecule has 2 nitrogen and oxygen atoms in total. The van der Waals surface area contributed by atoms with Gasteiger partial charge in [0.25, 0.3) is 0 Å². The van der Waals surface area contributed by atoms with E-state index in [1.807, 2.05) is 0 Å². The number of rotatable bonds is 3. The number of benzene rings is 1. The fourth-order valence-corrected chi connectivity index (χ4v) is 5.39. The van der Waals surface area contributed by atoms with Crippen LogP contribution in [0.3, 0.4) is 0 Å². The normalized spacial score (nSPS) is 36.7. The number of alkyl halides is 1. The summed E-state index contributed by atoms with van der Waals surface area (Å²) in [5.74, 6) is 2.29. The molecule has 0 spiro atoms. The van der Waals surface area contributed by atoms with Crippen molar-refractivity contribution in [2.45, 2.75) is 44.1 Å². The van der Waals surface area contributed by atoms with Crippen molar-refractivity contribution < 1.29 is 4.79 Å². The lowest BCUT2D eigenvalue weighted by Gasteiger charge is -2.19. The minimum absolute atomic E-state index is 0.241. The summed E-state index contributed by atoms with van der Waals surface area (Å²) >= 11 is 3.59. The first-order chi connectivity index (χ1) is 10.3. The van der Waals surface area contributed by atoms with E-state index >= 15 is 0 Å². The Morgan fingerprint density at radius 1 is 1.24 bits per heavy atom. The highest BCUT2D eigenvalue weighted by Crippen LogP contribution is 2.59. The van der Waals surface area contributed by atoms with Gasteiger partial charge in [-0.15, -0.1) is 0 Å². The Kier molecular flexibility index (Phi) is 3.56. The van der Waals surface area contributed by atoms with Gasteiger partial charge in [-0.2, -0.15) is 0 Å². The minimum atomic E-state index is 0.241. The average Bonchev–Trinajstić information content (AvgIpc) is 3.11. The predicted molar refractivity (Wildman–Crippen MR) is 87.5 cm³/mol. The molecule has 2 saturated carbocycles. The number of nitrogens with one attached hydrogen (secondary N) is 1. The van der Waals surface area contributed by atoms with E-state index in [0.717, 1.165) is 18.2 Å². The topological polar surface area (TPSA) is 29.1 Å². The Hall–Kier alpha value is -0.830. The van der Waals surface area contributed by atoms with E-state index in [4.69, 9.17) is 0 Å². The molecule has 0 bridgehead atoms. The van der Waals surface area contributed by atoms with Gasteiger partial charge in [0, 0.05) is 17.3 Å². The largest absolute Gasteiger partial charge is 0.353 e. The number of carbonyl (C=O) groups is 1. The summed E-state index contributed by atoms with van der Waals surface area (Å²) in [6.45, 7) is 0. The molecule has 0 heterocycles. The van der Waals surface area contributed by atoms with Crippen LogP contribution in [0.4, 0.5) is 0 Å². The van der Waals surface area contributed by atoms with Gasteiger partial charge < -0.3 is 5.32 Å². The predicted octanol–water partition coefficient (Wildman–Crippen LogP) is 3.64. The molecule has 112 valence electrons. The van der Waals surface area contributed by atoms with Gasteiger partial charge in [-0.3, -0.25) is 4.79 Å². The number of amides is 1. The lowest BCUT2D eigenvalue weighted by molar-refractivity contribution is -0.123. The van der Waals surface area contributed by atoms with Crippen LogP contribution in [0.15, 0.2) is 24.3 Å². The van der Waals surface area contributed by atoms with E-state index in [1.54, 1.807) is 0 Å². The highest BCUT2D eigenvalue weighted by Gasteiger charge is 2.57. The Labute approximate surface area is 134 Å². The average molecular weight is 348 g/mol. The van der Waals surface area contributed by atoms with Gasteiger partial charge in [0.05, 0.1) is 0 Å². The first-order valence-corrected chi connectivity index (χ1v) is 9.36. The van der Waals surface area contributed by atoms with Gasteiger partial charge in [-0.25, -0.2) is 0 Å². The van der Waals surface area contributed by atoms with Crippen LogP contribution in [-0.4, -0.2) is 17.3 Å². The molecule has 3 aliphatic rings. The Morgan fingerprint density at radius 3 is 2.95 bits per heavy atom. The van der Waals surface area contributed by atoms with Gasteiger partial charge in [-0.1, -0.05) is 46.6 Å². The molecule has 1 aromatic carbocycles. The van der Waals surface area contributed by atoms with Crippen molar-refractivity contribution in [1.82, 2.24) is 5.32 Å². The standard InChI is InChI=1S/C18H22BrNO/c19-10-12-5-3-7-15(12)20-18(21)17-14-9-8-11-4-1-2-6-13(11)16(14)17/h1-2,4,6,12,14-17H,3,5,7-10H2,(H,20,21). The van der Waals surface area contributed by atoms with Gasteiger partial charge in [0.2, 0.25) is 5.91 Å². The molecule has 3 aliphatic carbocycles. The molecule has 0 radical (unpaired) electrons. The van der Waals surface area contributed by atoms with Crippen LogP contribution < -0.4 is 5.32 Å². The van der Waals surface area contributed by atoms with Crippen molar-refractivity contribution in [2.75, 3.05) is 5.33 Å². The molecule has 5 atom stereocenters. The van der Waals surface area contributed by atoms with Crippen molar-refractivity contribution in [1.29, 1.82) is 0 Å². The summed E-state index contributed by atoms with van der Waals surface area (Å²) in [4.78, 5) is 12.7. The third kappa shape index (κ3) is 2.34. The molecule has 1 amide bonds. The maximum Gasteiger partial charge on any atom is 0.224 e. The van der Waals surface area contributed by atoms with Crippen molar-refractivity contribution in [2.24, 2.45) is 17.8 Å². The number of halogens is 1. The summed E-state index contributed by atoms with van der Waals surface area (Å²) in [6.07, 6.45) is 5.99. The number of carbonyl (C=O) groups excluding carboxylic acids is 1. The number of hydrogen-bond donors (Lipinski definition) is 1.